The third-order valence-electron chi connectivity index (χ3n) is 3.09. The monoisotopic (exact) mass is 279 g/mol. The van der Waals surface area contributed by atoms with Crippen LogP contribution in [0.25, 0.3) is 10.9 Å². The SMILES string of the molecule is Brc1ccc2[nH]cc([C@@H]3CNCCN3)c2c1. The Kier molecular flexibility index (Phi) is 2.71. The lowest BCUT2D eigenvalue weighted by Gasteiger charge is -2.24. The maximum absolute atomic E-state index is 3.54. The number of piperazine rings is 1. The van der Waals surface area contributed by atoms with E-state index in [9.17, 15) is 0 Å². The van der Waals surface area contributed by atoms with Gasteiger partial charge in [-0.05, 0) is 23.8 Å². The van der Waals surface area contributed by atoms with Gasteiger partial charge in [0.05, 0.1) is 0 Å². The van der Waals surface area contributed by atoms with Crippen molar-refractivity contribution < 1.29 is 0 Å². The minimum Gasteiger partial charge on any atom is -0.361 e. The van der Waals surface area contributed by atoms with Gasteiger partial charge in [-0.25, -0.2) is 0 Å². The van der Waals surface area contributed by atoms with E-state index < -0.39 is 0 Å². The lowest BCUT2D eigenvalue weighted by Crippen LogP contribution is -2.42. The molecule has 0 bridgehead atoms. The van der Waals surface area contributed by atoms with Crippen LogP contribution in [-0.4, -0.2) is 24.6 Å². The van der Waals surface area contributed by atoms with Crippen LogP contribution >= 0.6 is 15.9 Å². The molecular weight excluding hydrogens is 266 g/mol. The number of hydrogen-bond donors (Lipinski definition) is 3. The zero-order valence-corrected chi connectivity index (χ0v) is 10.5. The molecule has 1 aromatic heterocycles. The van der Waals surface area contributed by atoms with E-state index in [-0.39, 0.29) is 0 Å². The Morgan fingerprint density at radius 3 is 3.00 bits per heavy atom. The third-order valence-corrected chi connectivity index (χ3v) is 3.59. The summed E-state index contributed by atoms with van der Waals surface area (Å²) in [5, 5.41) is 8.25. The minimum absolute atomic E-state index is 0.414. The summed E-state index contributed by atoms with van der Waals surface area (Å²) in [7, 11) is 0. The smallest absolute Gasteiger partial charge is 0.0468 e. The molecule has 0 amide bonds. The van der Waals surface area contributed by atoms with Gasteiger partial charge in [0.2, 0.25) is 0 Å². The van der Waals surface area contributed by atoms with Crippen molar-refractivity contribution in [2.45, 2.75) is 6.04 Å². The molecule has 3 nitrogen and oxygen atoms in total. The van der Waals surface area contributed by atoms with Crippen molar-refractivity contribution in [3.05, 3.63) is 34.4 Å². The third kappa shape index (κ3) is 1.77. The molecule has 1 atom stereocenters. The summed E-state index contributed by atoms with van der Waals surface area (Å²) in [5.41, 5.74) is 2.55. The maximum Gasteiger partial charge on any atom is 0.0468 e. The molecule has 2 aromatic rings. The van der Waals surface area contributed by atoms with Gasteiger partial charge in [-0.15, -0.1) is 0 Å². The van der Waals surface area contributed by atoms with Gasteiger partial charge in [0.1, 0.15) is 0 Å². The lowest BCUT2D eigenvalue weighted by atomic mass is 10.0. The molecule has 3 N–H and O–H groups in total. The molecule has 2 heterocycles. The summed E-state index contributed by atoms with van der Waals surface area (Å²) in [4.78, 5) is 3.32. The first-order valence-corrected chi connectivity index (χ1v) is 6.34. The Labute approximate surface area is 103 Å². The largest absolute Gasteiger partial charge is 0.361 e. The van der Waals surface area contributed by atoms with E-state index in [1.165, 1.54) is 16.5 Å². The molecule has 3 rings (SSSR count). The van der Waals surface area contributed by atoms with Crippen molar-refractivity contribution in [1.82, 2.24) is 15.6 Å². The molecule has 0 saturated carbocycles. The molecular formula is C12H14BrN3. The molecule has 1 aromatic carbocycles. The van der Waals surface area contributed by atoms with Crippen molar-refractivity contribution in [3.8, 4) is 0 Å². The van der Waals surface area contributed by atoms with Crippen molar-refractivity contribution >= 4 is 26.8 Å². The van der Waals surface area contributed by atoms with Gasteiger partial charge in [-0.3, -0.25) is 0 Å². The molecule has 1 saturated heterocycles. The Bertz CT molecular complexity index is 500. The van der Waals surface area contributed by atoms with Crippen molar-refractivity contribution in [2.24, 2.45) is 0 Å². The second-order valence-electron chi connectivity index (χ2n) is 4.14. The van der Waals surface area contributed by atoms with E-state index in [1.54, 1.807) is 0 Å². The first-order valence-electron chi connectivity index (χ1n) is 5.55. The number of hydrogen-bond acceptors (Lipinski definition) is 2. The lowest BCUT2D eigenvalue weighted by molar-refractivity contribution is 0.432. The summed E-state index contributed by atoms with van der Waals surface area (Å²) in [6.07, 6.45) is 2.11. The molecule has 0 aliphatic carbocycles. The fraction of sp³-hybridized carbons (Fsp3) is 0.333. The standard InChI is InChI=1S/C12H14BrN3/c13-8-1-2-11-9(5-8)10(6-16-11)12-7-14-3-4-15-12/h1-2,5-6,12,14-16H,3-4,7H2/t12-/m0/s1. The molecule has 0 unspecified atom stereocenters. The highest BCUT2D eigenvalue weighted by Gasteiger charge is 2.17. The number of halogens is 1. The summed E-state index contributed by atoms with van der Waals surface area (Å²) in [6, 6.07) is 6.77. The van der Waals surface area contributed by atoms with Gasteiger partial charge in [0.15, 0.2) is 0 Å². The Hall–Kier alpha value is -0.840. The first-order chi connectivity index (χ1) is 7.84. The van der Waals surface area contributed by atoms with E-state index >= 15 is 0 Å². The van der Waals surface area contributed by atoms with E-state index in [2.05, 4.69) is 55.9 Å². The quantitative estimate of drug-likeness (QED) is 0.749. The zero-order chi connectivity index (χ0) is 11.0. The van der Waals surface area contributed by atoms with Gasteiger partial charge >= 0.3 is 0 Å². The van der Waals surface area contributed by atoms with Gasteiger partial charge in [0, 0.05) is 47.2 Å². The van der Waals surface area contributed by atoms with Crippen LogP contribution < -0.4 is 10.6 Å². The van der Waals surface area contributed by atoms with Crippen molar-refractivity contribution in [1.29, 1.82) is 0 Å². The molecule has 16 heavy (non-hydrogen) atoms. The highest BCUT2D eigenvalue weighted by atomic mass is 79.9. The Morgan fingerprint density at radius 1 is 1.25 bits per heavy atom. The zero-order valence-electron chi connectivity index (χ0n) is 8.89. The molecule has 0 radical (unpaired) electrons. The molecule has 1 fully saturated rings. The van der Waals surface area contributed by atoms with Crippen LogP contribution in [0.2, 0.25) is 0 Å². The van der Waals surface area contributed by atoms with Crippen LogP contribution in [0.1, 0.15) is 11.6 Å². The molecule has 84 valence electrons. The van der Waals surface area contributed by atoms with Crippen LogP contribution in [0.4, 0.5) is 0 Å². The summed E-state index contributed by atoms with van der Waals surface area (Å²) >= 11 is 3.53. The first kappa shape index (κ1) is 10.3. The van der Waals surface area contributed by atoms with E-state index in [1.807, 2.05) is 0 Å². The second-order valence-corrected chi connectivity index (χ2v) is 5.06. The summed E-state index contributed by atoms with van der Waals surface area (Å²) < 4.78 is 1.13. The fourth-order valence-corrected chi connectivity index (χ4v) is 2.64. The van der Waals surface area contributed by atoms with Crippen molar-refractivity contribution in [3.63, 3.8) is 0 Å². The van der Waals surface area contributed by atoms with E-state index in [0.717, 1.165) is 24.1 Å². The fourth-order valence-electron chi connectivity index (χ4n) is 2.28. The van der Waals surface area contributed by atoms with Gasteiger partial charge in [-0.2, -0.15) is 0 Å². The maximum atomic E-state index is 3.54. The number of nitrogens with one attached hydrogen (secondary N) is 3. The number of benzene rings is 1. The number of fused-ring (bicyclic) bond motifs is 1. The van der Waals surface area contributed by atoms with Crippen molar-refractivity contribution in [2.75, 3.05) is 19.6 Å². The van der Waals surface area contributed by atoms with Gasteiger partial charge in [-0.1, -0.05) is 15.9 Å². The second kappa shape index (κ2) is 4.20. The average Bonchev–Trinajstić information content (AvgIpc) is 2.73. The van der Waals surface area contributed by atoms with Crippen LogP contribution in [0.3, 0.4) is 0 Å². The predicted molar refractivity (Wildman–Crippen MR) is 69.6 cm³/mol. The van der Waals surface area contributed by atoms with Gasteiger partial charge in [0.25, 0.3) is 0 Å². The number of H-pyrrole nitrogens is 1. The van der Waals surface area contributed by atoms with Crippen LogP contribution in [0, 0.1) is 0 Å². The van der Waals surface area contributed by atoms with E-state index in [4.69, 9.17) is 0 Å². The highest BCUT2D eigenvalue weighted by Crippen LogP contribution is 2.27. The molecule has 4 heteroatoms. The highest BCUT2D eigenvalue weighted by molar-refractivity contribution is 9.10. The topological polar surface area (TPSA) is 39.9 Å². The van der Waals surface area contributed by atoms with E-state index in [0.29, 0.717) is 6.04 Å². The number of aromatic amines is 1. The minimum atomic E-state index is 0.414. The van der Waals surface area contributed by atoms with Crippen LogP contribution in [-0.2, 0) is 0 Å². The number of rotatable bonds is 1. The molecule has 0 spiro atoms. The number of aromatic nitrogens is 1. The normalized spacial score (nSPS) is 21.4. The van der Waals surface area contributed by atoms with Crippen LogP contribution in [0.5, 0.6) is 0 Å². The molecule has 1 aliphatic heterocycles. The Morgan fingerprint density at radius 2 is 2.19 bits per heavy atom. The molecule has 1 aliphatic rings. The summed E-state index contributed by atoms with van der Waals surface area (Å²) in [6.45, 7) is 3.09. The Balaban J connectivity index is 2.05. The van der Waals surface area contributed by atoms with Crippen LogP contribution in [0.15, 0.2) is 28.9 Å². The average molecular weight is 280 g/mol. The predicted octanol–water partition coefficient (Wildman–Crippen LogP) is 2.16. The van der Waals surface area contributed by atoms with Gasteiger partial charge < -0.3 is 15.6 Å². The summed E-state index contributed by atoms with van der Waals surface area (Å²) in [5.74, 6) is 0.